The number of nitrogens with zero attached hydrogens (tertiary/aromatic N) is 1. The molecule has 0 aromatic rings. The van der Waals surface area contributed by atoms with Crippen molar-refractivity contribution in [2.24, 2.45) is 0 Å². The molecule has 2 unspecified atom stereocenters. The van der Waals surface area contributed by atoms with Crippen molar-refractivity contribution < 1.29 is 4.79 Å². The highest BCUT2D eigenvalue weighted by atomic mass is 16.2. The molecule has 0 saturated carbocycles. The molecule has 1 rings (SSSR count). The van der Waals surface area contributed by atoms with Gasteiger partial charge in [-0.1, -0.05) is 6.92 Å². The van der Waals surface area contributed by atoms with E-state index in [0.717, 1.165) is 13.0 Å². The number of amides is 1. The summed E-state index contributed by atoms with van der Waals surface area (Å²) < 4.78 is 0. The van der Waals surface area contributed by atoms with Gasteiger partial charge in [-0.05, 0) is 53.6 Å². The van der Waals surface area contributed by atoms with Gasteiger partial charge < -0.3 is 15.5 Å². The molecule has 1 amide bonds. The molecule has 1 aliphatic rings. The second-order valence-corrected chi connectivity index (χ2v) is 6.13. The summed E-state index contributed by atoms with van der Waals surface area (Å²) in [6.45, 7) is 10.2. The number of likely N-dealkylation sites (tertiary alicyclic amines) is 1. The van der Waals surface area contributed by atoms with Gasteiger partial charge in [0.1, 0.15) is 0 Å². The maximum absolute atomic E-state index is 12.0. The molecule has 1 saturated heterocycles. The molecule has 106 valence electrons. The summed E-state index contributed by atoms with van der Waals surface area (Å²) in [5.41, 5.74) is -0.114. The van der Waals surface area contributed by atoms with Crippen molar-refractivity contribution in [3.8, 4) is 0 Å². The van der Waals surface area contributed by atoms with Crippen molar-refractivity contribution in [2.45, 2.75) is 64.6 Å². The number of hydrogen-bond acceptors (Lipinski definition) is 3. The van der Waals surface area contributed by atoms with Gasteiger partial charge in [-0.2, -0.15) is 0 Å². The summed E-state index contributed by atoms with van der Waals surface area (Å²) >= 11 is 0. The number of rotatable bonds is 6. The number of hydrogen-bond donors (Lipinski definition) is 2. The van der Waals surface area contributed by atoms with Crippen LogP contribution in [0.25, 0.3) is 0 Å². The Hall–Kier alpha value is -0.610. The number of carbonyl (C=O) groups is 1. The van der Waals surface area contributed by atoms with E-state index in [1.165, 1.54) is 19.4 Å². The Labute approximate surface area is 111 Å². The zero-order valence-corrected chi connectivity index (χ0v) is 12.5. The third-order valence-corrected chi connectivity index (χ3v) is 4.07. The van der Waals surface area contributed by atoms with Gasteiger partial charge in [0.05, 0.1) is 6.04 Å². The number of carbonyl (C=O) groups excluding carboxylic acids is 1. The van der Waals surface area contributed by atoms with Gasteiger partial charge in [-0.25, -0.2) is 0 Å². The van der Waals surface area contributed by atoms with Crippen LogP contribution in [0.1, 0.15) is 47.0 Å². The molecule has 0 aromatic heterocycles. The summed E-state index contributed by atoms with van der Waals surface area (Å²) in [4.78, 5) is 14.4. The summed E-state index contributed by atoms with van der Waals surface area (Å²) in [6, 6.07) is 0.462. The van der Waals surface area contributed by atoms with Crippen LogP contribution in [0.2, 0.25) is 0 Å². The minimum Gasteiger partial charge on any atom is -0.350 e. The average Bonchev–Trinajstić information content (AvgIpc) is 2.71. The fourth-order valence-corrected chi connectivity index (χ4v) is 2.17. The lowest BCUT2D eigenvalue weighted by atomic mass is 10.0. The smallest absolute Gasteiger partial charge is 0.237 e. The Morgan fingerprint density at radius 1 is 1.50 bits per heavy atom. The van der Waals surface area contributed by atoms with E-state index in [4.69, 9.17) is 0 Å². The minimum absolute atomic E-state index is 0.0995. The van der Waals surface area contributed by atoms with E-state index in [0.29, 0.717) is 6.04 Å². The minimum atomic E-state index is -0.121. The third-order valence-electron chi connectivity index (χ3n) is 4.07. The highest BCUT2D eigenvalue weighted by Gasteiger charge is 2.24. The Balaban J connectivity index is 2.31. The second-order valence-electron chi connectivity index (χ2n) is 6.13. The van der Waals surface area contributed by atoms with Crippen molar-refractivity contribution in [2.75, 3.05) is 20.1 Å². The quantitative estimate of drug-likeness (QED) is 0.753. The van der Waals surface area contributed by atoms with E-state index >= 15 is 0 Å². The van der Waals surface area contributed by atoms with Crippen LogP contribution in [0.5, 0.6) is 0 Å². The maximum Gasteiger partial charge on any atom is 0.237 e. The van der Waals surface area contributed by atoms with Crippen molar-refractivity contribution in [1.82, 2.24) is 15.5 Å². The molecule has 2 N–H and O–H groups in total. The molecule has 0 bridgehead atoms. The van der Waals surface area contributed by atoms with Gasteiger partial charge in [0.15, 0.2) is 0 Å². The van der Waals surface area contributed by atoms with Crippen LogP contribution in [0.3, 0.4) is 0 Å². The van der Waals surface area contributed by atoms with Gasteiger partial charge in [-0.3, -0.25) is 4.79 Å². The first-order valence-corrected chi connectivity index (χ1v) is 7.11. The normalized spacial score (nSPS) is 23.1. The van der Waals surface area contributed by atoms with E-state index in [1.807, 2.05) is 6.92 Å². The Bertz CT molecular complexity index is 278. The SMILES string of the molecule is CCC(C)(C)NC(=O)C(C)NCC1CCCN1C. The molecule has 0 aliphatic carbocycles. The fraction of sp³-hybridized carbons (Fsp3) is 0.929. The van der Waals surface area contributed by atoms with E-state index in [-0.39, 0.29) is 17.5 Å². The Kier molecular flexibility index (Phi) is 5.60. The zero-order chi connectivity index (χ0) is 13.8. The molecule has 4 nitrogen and oxygen atoms in total. The van der Waals surface area contributed by atoms with Crippen LogP contribution in [0.15, 0.2) is 0 Å². The van der Waals surface area contributed by atoms with Crippen LogP contribution in [-0.2, 0) is 4.79 Å². The lowest BCUT2D eigenvalue weighted by Crippen LogP contribution is -2.52. The molecule has 18 heavy (non-hydrogen) atoms. The standard InChI is InChI=1S/C14H29N3O/c1-6-14(3,4)16-13(18)11(2)15-10-12-8-7-9-17(12)5/h11-12,15H,6-10H2,1-5H3,(H,16,18). The monoisotopic (exact) mass is 255 g/mol. The number of nitrogens with one attached hydrogen (secondary N) is 2. The van der Waals surface area contributed by atoms with Gasteiger partial charge >= 0.3 is 0 Å². The van der Waals surface area contributed by atoms with Crippen molar-refractivity contribution in [3.05, 3.63) is 0 Å². The van der Waals surface area contributed by atoms with Crippen LogP contribution in [0, 0.1) is 0 Å². The molecule has 0 aromatic carbocycles. The Morgan fingerprint density at radius 2 is 2.17 bits per heavy atom. The summed E-state index contributed by atoms with van der Waals surface area (Å²) in [5.74, 6) is 0.0995. The molecule has 1 fully saturated rings. The van der Waals surface area contributed by atoms with E-state index in [2.05, 4.69) is 43.4 Å². The molecule has 1 aliphatic heterocycles. The van der Waals surface area contributed by atoms with Gasteiger partial charge in [0.2, 0.25) is 5.91 Å². The first kappa shape index (κ1) is 15.4. The first-order chi connectivity index (χ1) is 8.35. The van der Waals surface area contributed by atoms with Crippen LogP contribution < -0.4 is 10.6 Å². The molecule has 0 radical (unpaired) electrons. The van der Waals surface area contributed by atoms with Gasteiger partial charge in [0.25, 0.3) is 0 Å². The van der Waals surface area contributed by atoms with E-state index in [1.54, 1.807) is 0 Å². The van der Waals surface area contributed by atoms with E-state index in [9.17, 15) is 4.79 Å². The topological polar surface area (TPSA) is 44.4 Å². The predicted molar refractivity (Wildman–Crippen MR) is 75.6 cm³/mol. The van der Waals surface area contributed by atoms with Gasteiger partial charge in [0, 0.05) is 18.1 Å². The Morgan fingerprint density at radius 3 is 2.67 bits per heavy atom. The van der Waals surface area contributed by atoms with Crippen molar-refractivity contribution in [3.63, 3.8) is 0 Å². The summed E-state index contributed by atoms with van der Waals surface area (Å²) in [5, 5.41) is 6.42. The van der Waals surface area contributed by atoms with E-state index < -0.39 is 0 Å². The highest BCUT2D eigenvalue weighted by molar-refractivity contribution is 5.81. The first-order valence-electron chi connectivity index (χ1n) is 7.11. The molecule has 2 atom stereocenters. The molecule has 4 heteroatoms. The maximum atomic E-state index is 12.0. The van der Waals surface area contributed by atoms with Crippen molar-refractivity contribution >= 4 is 5.91 Å². The largest absolute Gasteiger partial charge is 0.350 e. The van der Waals surface area contributed by atoms with Crippen LogP contribution in [-0.4, -0.2) is 48.6 Å². The third kappa shape index (κ3) is 4.58. The zero-order valence-electron chi connectivity index (χ0n) is 12.5. The second kappa shape index (κ2) is 6.53. The predicted octanol–water partition coefficient (Wildman–Crippen LogP) is 1.36. The molecular formula is C14H29N3O. The van der Waals surface area contributed by atoms with Crippen molar-refractivity contribution in [1.29, 1.82) is 0 Å². The lowest BCUT2D eigenvalue weighted by Gasteiger charge is -2.28. The highest BCUT2D eigenvalue weighted by Crippen LogP contribution is 2.13. The van der Waals surface area contributed by atoms with Crippen LogP contribution in [0.4, 0.5) is 0 Å². The average molecular weight is 255 g/mol. The fourth-order valence-electron chi connectivity index (χ4n) is 2.17. The summed E-state index contributed by atoms with van der Waals surface area (Å²) in [7, 11) is 2.16. The molecule has 1 heterocycles. The molecular weight excluding hydrogens is 226 g/mol. The summed E-state index contributed by atoms with van der Waals surface area (Å²) in [6.07, 6.45) is 3.45. The number of likely N-dealkylation sites (N-methyl/N-ethyl adjacent to an activating group) is 1. The van der Waals surface area contributed by atoms with Gasteiger partial charge in [-0.15, -0.1) is 0 Å². The van der Waals surface area contributed by atoms with Crippen LogP contribution >= 0.6 is 0 Å². The molecule has 0 spiro atoms. The lowest BCUT2D eigenvalue weighted by molar-refractivity contribution is -0.124.